The summed E-state index contributed by atoms with van der Waals surface area (Å²) in [7, 11) is 4.54. The molecule has 5 aromatic rings. The van der Waals surface area contributed by atoms with E-state index in [4.69, 9.17) is 28.3 Å². The van der Waals surface area contributed by atoms with Gasteiger partial charge in [0.25, 0.3) is 5.91 Å². The highest BCUT2D eigenvalue weighted by atomic mass is 32.1. The molecule has 0 radical (unpaired) electrons. The van der Waals surface area contributed by atoms with Crippen molar-refractivity contribution in [2.24, 2.45) is 0 Å². The average Bonchev–Trinajstić information content (AvgIpc) is 3.50. The number of carbonyl (C=O) groups excluding carboxylic acids is 1. The molecule has 10 heteroatoms. The van der Waals surface area contributed by atoms with Gasteiger partial charge in [-0.1, -0.05) is 23.5 Å². The van der Waals surface area contributed by atoms with Crippen LogP contribution in [0.15, 0.2) is 63.8 Å². The molecule has 0 unspecified atom stereocenters. The molecule has 0 spiro atoms. The first-order valence-electron chi connectivity index (χ1n) is 12.2. The van der Waals surface area contributed by atoms with Crippen molar-refractivity contribution in [3.8, 4) is 23.0 Å². The monoisotopic (exact) mass is 544 g/mol. The average molecular weight is 545 g/mol. The Morgan fingerprint density at radius 2 is 1.72 bits per heavy atom. The van der Waals surface area contributed by atoms with Crippen LogP contribution in [0.3, 0.4) is 0 Å². The number of rotatable bonds is 7. The first kappa shape index (κ1) is 24.7. The van der Waals surface area contributed by atoms with Crippen molar-refractivity contribution in [1.29, 1.82) is 0 Å². The SMILES string of the molecule is CCOc1ccc2nc(N3C(=O)c4oc5ccccc5c(=O)c4[C@@H]3c3cc(OC)c(OC)c(OC)c3)sc2c1. The second-order valence-electron chi connectivity index (χ2n) is 8.77. The highest BCUT2D eigenvalue weighted by Gasteiger charge is 2.45. The molecule has 39 heavy (non-hydrogen) atoms. The molecule has 0 saturated heterocycles. The molecule has 0 fully saturated rings. The summed E-state index contributed by atoms with van der Waals surface area (Å²) in [5.74, 6) is 1.41. The fourth-order valence-corrected chi connectivity index (χ4v) is 5.96. The lowest BCUT2D eigenvalue weighted by Gasteiger charge is -2.24. The molecule has 2 aromatic heterocycles. The summed E-state index contributed by atoms with van der Waals surface area (Å²) in [4.78, 5) is 34.2. The molecule has 3 heterocycles. The second kappa shape index (κ2) is 9.63. The van der Waals surface area contributed by atoms with Crippen molar-refractivity contribution < 1.29 is 28.2 Å². The third kappa shape index (κ3) is 3.87. The van der Waals surface area contributed by atoms with Gasteiger partial charge in [-0.3, -0.25) is 14.5 Å². The number of hydrogen-bond donors (Lipinski definition) is 0. The Kier molecular flexibility index (Phi) is 6.11. The molecule has 1 aliphatic heterocycles. The second-order valence-corrected chi connectivity index (χ2v) is 9.77. The molecule has 6 rings (SSSR count). The van der Waals surface area contributed by atoms with Crippen molar-refractivity contribution >= 4 is 43.6 Å². The van der Waals surface area contributed by atoms with Gasteiger partial charge in [0.2, 0.25) is 11.5 Å². The smallest absolute Gasteiger partial charge is 0.297 e. The van der Waals surface area contributed by atoms with Crippen LogP contribution < -0.4 is 29.3 Å². The maximum atomic E-state index is 14.0. The van der Waals surface area contributed by atoms with Crippen LogP contribution in [0, 0.1) is 0 Å². The number of aromatic nitrogens is 1. The van der Waals surface area contributed by atoms with E-state index in [1.54, 1.807) is 36.4 Å². The van der Waals surface area contributed by atoms with E-state index in [-0.39, 0.29) is 16.8 Å². The third-order valence-electron chi connectivity index (χ3n) is 6.65. The zero-order valence-electron chi connectivity index (χ0n) is 21.6. The van der Waals surface area contributed by atoms with E-state index >= 15 is 0 Å². The number of nitrogens with zero attached hydrogens (tertiary/aromatic N) is 2. The van der Waals surface area contributed by atoms with Gasteiger partial charge in [0, 0.05) is 0 Å². The van der Waals surface area contributed by atoms with E-state index in [2.05, 4.69) is 0 Å². The summed E-state index contributed by atoms with van der Waals surface area (Å²) < 4.78 is 29.2. The van der Waals surface area contributed by atoms with Gasteiger partial charge in [0.15, 0.2) is 22.1 Å². The zero-order valence-corrected chi connectivity index (χ0v) is 22.5. The number of thiazole rings is 1. The third-order valence-corrected chi connectivity index (χ3v) is 7.66. The Hall–Kier alpha value is -4.57. The van der Waals surface area contributed by atoms with Crippen molar-refractivity contribution in [2.45, 2.75) is 13.0 Å². The predicted octanol–water partition coefficient (Wildman–Crippen LogP) is 5.58. The molecule has 198 valence electrons. The van der Waals surface area contributed by atoms with Crippen LogP contribution in [-0.4, -0.2) is 38.8 Å². The van der Waals surface area contributed by atoms with Gasteiger partial charge < -0.3 is 23.4 Å². The molecular weight excluding hydrogens is 520 g/mol. The van der Waals surface area contributed by atoms with Gasteiger partial charge in [-0.2, -0.15) is 0 Å². The Morgan fingerprint density at radius 3 is 2.41 bits per heavy atom. The highest BCUT2D eigenvalue weighted by Crippen LogP contribution is 2.47. The predicted molar refractivity (Wildman–Crippen MR) is 148 cm³/mol. The minimum Gasteiger partial charge on any atom is -0.494 e. The van der Waals surface area contributed by atoms with Crippen molar-refractivity contribution in [3.63, 3.8) is 0 Å². The quantitative estimate of drug-likeness (QED) is 0.262. The number of para-hydroxylation sites is 1. The maximum absolute atomic E-state index is 14.0. The number of amides is 1. The lowest BCUT2D eigenvalue weighted by atomic mass is 9.98. The van der Waals surface area contributed by atoms with Gasteiger partial charge in [-0.15, -0.1) is 0 Å². The van der Waals surface area contributed by atoms with Crippen molar-refractivity contribution in [1.82, 2.24) is 4.98 Å². The first-order chi connectivity index (χ1) is 19.0. The summed E-state index contributed by atoms with van der Waals surface area (Å²) in [6, 6.07) is 15.1. The van der Waals surface area contributed by atoms with E-state index in [9.17, 15) is 9.59 Å². The Morgan fingerprint density at radius 1 is 0.974 bits per heavy atom. The van der Waals surface area contributed by atoms with E-state index in [0.29, 0.717) is 56.8 Å². The largest absolute Gasteiger partial charge is 0.494 e. The minimum absolute atomic E-state index is 0.0216. The van der Waals surface area contributed by atoms with Gasteiger partial charge in [0.1, 0.15) is 11.3 Å². The molecule has 0 bridgehead atoms. The number of hydrogen-bond acceptors (Lipinski definition) is 9. The Balaban J connectivity index is 1.62. The molecule has 1 amide bonds. The summed E-state index contributed by atoms with van der Waals surface area (Å²) >= 11 is 1.33. The number of anilines is 1. The van der Waals surface area contributed by atoms with Crippen molar-refractivity contribution in [2.75, 3.05) is 32.8 Å². The zero-order chi connectivity index (χ0) is 27.3. The summed E-state index contributed by atoms with van der Waals surface area (Å²) in [5, 5.41) is 0.797. The van der Waals surface area contributed by atoms with Crippen LogP contribution in [0.2, 0.25) is 0 Å². The summed E-state index contributed by atoms with van der Waals surface area (Å²) in [6.45, 7) is 2.44. The number of benzene rings is 3. The fraction of sp³-hybridized carbons (Fsp3) is 0.207. The van der Waals surface area contributed by atoms with Crippen LogP contribution in [-0.2, 0) is 0 Å². The van der Waals surface area contributed by atoms with Gasteiger partial charge in [-0.25, -0.2) is 4.98 Å². The first-order valence-corrected chi connectivity index (χ1v) is 13.0. The lowest BCUT2D eigenvalue weighted by Crippen LogP contribution is -2.29. The van der Waals surface area contributed by atoms with Crippen molar-refractivity contribution in [3.05, 3.63) is 81.7 Å². The number of fused-ring (bicyclic) bond motifs is 3. The molecule has 1 atom stereocenters. The van der Waals surface area contributed by atoms with Crippen LogP contribution >= 0.6 is 11.3 Å². The minimum atomic E-state index is -0.853. The molecule has 9 nitrogen and oxygen atoms in total. The molecule has 3 aromatic carbocycles. The number of ether oxygens (including phenoxy) is 4. The standard InChI is InChI=1S/C29H24N2O7S/c1-5-37-16-10-11-18-22(14-16)39-29(30-18)31-24(15-12-20(34-2)26(36-4)21(13-15)35-3)23-25(32)17-8-6-7-9-19(17)38-27(23)28(31)33/h6-14,24H,5H2,1-4H3/t24-/m0/s1. The molecule has 0 saturated carbocycles. The van der Waals surface area contributed by atoms with E-state index in [1.807, 2.05) is 25.1 Å². The van der Waals surface area contributed by atoms with Crippen LogP contribution in [0.4, 0.5) is 5.13 Å². The topological polar surface area (TPSA) is 100 Å². The fourth-order valence-electron chi connectivity index (χ4n) is 4.94. The Bertz CT molecular complexity index is 1780. The molecule has 0 aliphatic carbocycles. The van der Waals surface area contributed by atoms with Gasteiger partial charge in [-0.05, 0) is 55.0 Å². The van der Waals surface area contributed by atoms with Crippen LogP contribution in [0.1, 0.15) is 34.6 Å². The molecule has 0 N–H and O–H groups in total. The van der Waals surface area contributed by atoms with Gasteiger partial charge in [0.05, 0.1) is 55.1 Å². The van der Waals surface area contributed by atoms with E-state index in [1.165, 1.54) is 37.6 Å². The van der Waals surface area contributed by atoms with E-state index < -0.39 is 11.9 Å². The van der Waals surface area contributed by atoms with E-state index in [0.717, 1.165) is 4.70 Å². The lowest BCUT2D eigenvalue weighted by molar-refractivity contribution is 0.0971. The highest BCUT2D eigenvalue weighted by molar-refractivity contribution is 7.22. The summed E-state index contributed by atoms with van der Waals surface area (Å²) in [6.07, 6.45) is 0. The van der Waals surface area contributed by atoms with Gasteiger partial charge >= 0.3 is 0 Å². The molecule has 1 aliphatic rings. The normalized spacial score (nSPS) is 14.6. The Labute approximate surface area is 227 Å². The number of methoxy groups -OCH3 is 3. The van der Waals surface area contributed by atoms with Crippen LogP contribution in [0.5, 0.6) is 23.0 Å². The maximum Gasteiger partial charge on any atom is 0.297 e. The summed E-state index contributed by atoms with van der Waals surface area (Å²) in [5.41, 5.74) is 1.55. The molecular formula is C29H24N2O7S. The van der Waals surface area contributed by atoms with Crippen LogP contribution in [0.25, 0.3) is 21.2 Å². The number of carbonyl (C=O) groups is 1.